The van der Waals surface area contributed by atoms with E-state index >= 15 is 0 Å². The molecule has 1 aromatic heterocycles. The zero-order chi connectivity index (χ0) is 20.8. The Bertz CT molecular complexity index is 1430. The van der Waals surface area contributed by atoms with Crippen molar-refractivity contribution in [1.29, 1.82) is 0 Å². The van der Waals surface area contributed by atoms with Crippen molar-refractivity contribution in [2.24, 2.45) is 5.73 Å². The summed E-state index contributed by atoms with van der Waals surface area (Å²) in [5.74, 6) is -0.0138. The van der Waals surface area contributed by atoms with Gasteiger partial charge < -0.3 is 10.3 Å². The highest BCUT2D eigenvalue weighted by molar-refractivity contribution is 6.17. The Hall–Kier alpha value is -3.59. The molecule has 1 amide bonds. The summed E-state index contributed by atoms with van der Waals surface area (Å²) >= 11 is 0. The van der Waals surface area contributed by atoms with Crippen LogP contribution < -0.4 is 5.73 Å². The Morgan fingerprint density at radius 3 is 2.53 bits per heavy atom. The number of amides is 1. The standard InChI is InChI=1S/C27H23N2O/c1-17(2)20-12-13-22-25(15-20)29(24-9-5-8-23(26(22)24)27(28)30)16-18-10-11-19-6-3-4-7-21(19)14-18/h3-12,14-15,17H,16H2,1-2H3,(H2,28,30). The number of hydrogen-bond donors (Lipinski definition) is 1. The first-order valence-corrected chi connectivity index (χ1v) is 10.3. The van der Waals surface area contributed by atoms with Crippen LogP contribution in [0.2, 0.25) is 0 Å². The molecule has 30 heavy (non-hydrogen) atoms. The summed E-state index contributed by atoms with van der Waals surface area (Å²) in [5, 5.41) is 4.29. The third kappa shape index (κ3) is 2.94. The molecule has 0 spiro atoms. The first-order valence-electron chi connectivity index (χ1n) is 10.3. The maximum absolute atomic E-state index is 12.1. The van der Waals surface area contributed by atoms with Gasteiger partial charge in [-0.3, -0.25) is 4.79 Å². The van der Waals surface area contributed by atoms with Crippen LogP contribution in [0.4, 0.5) is 0 Å². The molecule has 5 aromatic rings. The van der Waals surface area contributed by atoms with Crippen molar-refractivity contribution in [1.82, 2.24) is 4.57 Å². The highest BCUT2D eigenvalue weighted by Crippen LogP contribution is 2.34. The number of fused-ring (bicyclic) bond motifs is 4. The van der Waals surface area contributed by atoms with Gasteiger partial charge in [0.05, 0.1) is 11.0 Å². The van der Waals surface area contributed by atoms with Gasteiger partial charge in [0.25, 0.3) is 0 Å². The average molecular weight is 391 g/mol. The molecule has 1 radical (unpaired) electrons. The second kappa shape index (κ2) is 7.03. The van der Waals surface area contributed by atoms with Crippen molar-refractivity contribution in [3.63, 3.8) is 0 Å². The van der Waals surface area contributed by atoms with Gasteiger partial charge in [-0.05, 0) is 58.1 Å². The smallest absolute Gasteiger partial charge is 0.249 e. The minimum Gasteiger partial charge on any atom is -0.366 e. The Morgan fingerprint density at radius 2 is 1.77 bits per heavy atom. The molecule has 2 N–H and O–H groups in total. The van der Waals surface area contributed by atoms with Crippen LogP contribution in [0, 0.1) is 6.07 Å². The molecule has 0 fully saturated rings. The van der Waals surface area contributed by atoms with Gasteiger partial charge in [-0.15, -0.1) is 0 Å². The van der Waals surface area contributed by atoms with Gasteiger partial charge in [-0.25, -0.2) is 0 Å². The summed E-state index contributed by atoms with van der Waals surface area (Å²) in [6.07, 6.45) is 0. The molecule has 147 valence electrons. The van der Waals surface area contributed by atoms with Gasteiger partial charge in [-0.2, -0.15) is 0 Å². The van der Waals surface area contributed by atoms with Gasteiger partial charge in [-0.1, -0.05) is 62.4 Å². The molecule has 1 heterocycles. The first-order chi connectivity index (χ1) is 14.5. The predicted molar refractivity (Wildman–Crippen MR) is 124 cm³/mol. The normalized spacial score (nSPS) is 11.7. The van der Waals surface area contributed by atoms with Crippen molar-refractivity contribution in [2.45, 2.75) is 26.3 Å². The third-order valence-electron chi connectivity index (χ3n) is 5.90. The summed E-state index contributed by atoms with van der Waals surface area (Å²) in [6.45, 7) is 5.07. The lowest BCUT2D eigenvalue weighted by Gasteiger charge is -2.11. The fourth-order valence-electron chi connectivity index (χ4n) is 4.30. The molecule has 0 aliphatic carbocycles. The van der Waals surface area contributed by atoms with Crippen LogP contribution in [0.15, 0.2) is 72.8 Å². The number of aromatic nitrogens is 1. The third-order valence-corrected chi connectivity index (χ3v) is 5.90. The second-order valence-electron chi connectivity index (χ2n) is 8.18. The quantitative estimate of drug-likeness (QED) is 0.400. The molecule has 0 unspecified atom stereocenters. The van der Waals surface area contributed by atoms with Crippen molar-refractivity contribution in [3.8, 4) is 0 Å². The summed E-state index contributed by atoms with van der Waals surface area (Å²) in [5.41, 5.74) is 10.8. The molecule has 4 aromatic carbocycles. The Kier molecular flexibility index (Phi) is 4.32. The number of carbonyl (C=O) groups is 1. The van der Waals surface area contributed by atoms with Gasteiger partial charge >= 0.3 is 0 Å². The molecule has 0 aliphatic heterocycles. The zero-order valence-corrected chi connectivity index (χ0v) is 17.1. The molecular formula is C27H23N2O. The molecule has 0 saturated heterocycles. The van der Waals surface area contributed by atoms with Gasteiger partial charge in [0.1, 0.15) is 0 Å². The lowest BCUT2D eigenvalue weighted by Crippen LogP contribution is -2.11. The van der Waals surface area contributed by atoms with E-state index < -0.39 is 5.91 Å². The van der Waals surface area contributed by atoms with E-state index in [0.717, 1.165) is 21.8 Å². The maximum Gasteiger partial charge on any atom is 0.249 e. The molecule has 5 rings (SSSR count). The highest BCUT2D eigenvalue weighted by atomic mass is 16.1. The van der Waals surface area contributed by atoms with Crippen LogP contribution in [-0.2, 0) is 6.54 Å². The van der Waals surface area contributed by atoms with Crippen LogP contribution in [-0.4, -0.2) is 10.5 Å². The van der Waals surface area contributed by atoms with E-state index in [-0.39, 0.29) is 0 Å². The first kappa shape index (κ1) is 18.4. The van der Waals surface area contributed by atoms with E-state index in [1.165, 1.54) is 21.9 Å². The summed E-state index contributed by atoms with van der Waals surface area (Å²) in [7, 11) is 0. The lowest BCUT2D eigenvalue weighted by atomic mass is 10.00. The highest BCUT2D eigenvalue weighted by Gasteiger charge is 2.17. The van der Waals surface area contributed by atoms with Crippen molar-refractivity contribution in [2.75, 3.05) is 0 Å². The number of nitrogens with zero attached hydrogens (tertiary/aromatic N) is 1. The fraction of sp³-hybridized carbons (Fsp3) is 0.148. The number of carbonyl (C=O) groups excluding carboxylic acids is 1. The van der Waals surface area contributed by atoms with Crippen LogP contribution in [0.25, 0.3) is 32.6 Å². The van der Waals surface area contributed by atoms with E-state index in [4.69, 9.17) is 5.73 Å². The molecule has 0 saturated carbocycles. The molecular weight excluding hydrogens is 368 g/mol. The Labute approximate surface area is 175 Å². The monoisotopic (exact) mass is 391 g/mol. The maximum atomic E-state index is 12.1. The van der Waals surface area contributed by atoms with Crippen molar-refractivity contribution in [3.05, 3.63) is 95.6 Å². The largest absolute Gasteiger partial charge is 0.366 e. The van der Waals surface area contributed by atoms with Crippen molar-refractivity contribution < 1.29 is 4.79 Å². The van der Waals surface area contributed by atoms with Gasteiger partial charge in [0.15, 0.2) is 0 Å². The number of nitrogens with two attached hydrogens (primary N) is 1. The number of hydrogen-bond acceptors (Lipinski definition) is 1. The summed E-state index contributed by atoms with van der Waals surface area (Å²) in [6, 6.07) is 28.4. The van der Waals surface area contributed by atoms with E-state index in [9.17, 15) is 4.79 Å². The van der Waals surface area contributed by atoms with Gasteiger partial charge in [0.2, 0.25) is 5.91 Å². The van der Waals surface area contributed by atoms with Gasteiger partial charge in [0, 0.05) is 22.9 Å². The van der Waals surface area contributed by atoms with Crippen molar-refractivity contribution >= 4 is 38.5 Å². The molecule has 3 heteroatoms. The zero-order valence-electron chi connectivity index (χ0n) is 17.1. The molecule has 3 nitrogen and oxygen atoms in total. The summed E-state index contributed by atoms with van der Waals surface area (Å²) < 4.78 is 2.28. The molecule has 0 aliphatic rings. The predicted octanol–water partition coefficient (Wildman–Crippen LogP) is 6.02. The van der Waals surface area contributed by atoms with Crippen LogP contribution in [0.5, 0.6) is 0 Å². The Morgan fingerprint density at radius 1 is 0.967 bits per heavy atom. The second-order valence-corrected chi connectivity index (χ2v) is 8.18. The van der Waals surface area contributed by atoms with E-state index in [2.05, 4.69) is 79.1 Å². The number of rotatable bonds is 4. The van der Waals surface area contributed by atoms with Crippen LogP contribution >= 0.6 is 0 Å². The molecule has 0 atom stereocenters. The van der Waals surface area contributed by atoms with E-state index in [0.29, 0.717) is 18.0 Å². The van der Waals surface area contributed by atoms with Crippen LogP contribution in [0.1, 0.15) is 41.3 Å². The summed E-state index contributed by atoms with van der Waals surface area (Å²) in [4.78, 5) is 12.1. The lowest BCUT2D eigenvalue weighted by molar-refractivity contribution is 0.100. The minimum absolute atomic E-state index is 0.397. The van der Waals surface area contributed by atoms with E-state index in [1.807, 2.05) is 12.1 Å². The topological polar surface area (TPSA) is 48.0 Å². The number of benzene rings is 4. The SMILES string of the molecule is CC(C)c1c[c]c2c3c(C(N)=O)cccc3n(Cc3ccc4ccccc4c3)c2c1. The minimum atomic E-state index is -0.410. The van der Waals surface area contributed by atoms with Crippen LogP contribution in [0.3, 0.4) is 0 Å². The van der Waals surface area contributed by atoms with E-state index in [1.54, 1.807) is 6.07 Å². The average Bonchev–Trinajstić information content (AvgIpc) is 3.06. The fourth-order valence-corrected chi connectivity index (χ4v) is 4.30. The Balaban J connectivity index is 1.78. The molecule has 0 bridgehead atoms. The number of primary amides is 1.